The van der Waals surface area contributed by atoms with Crippen LogP contribution >= 0.6 is 0 Å². The third kappa shape index (κ3) is 6.71. The molecule has 3 N–H and O–H groups in total. The average Bonchev–Trinajstić information content (AvgIpc) is 3.37. The van der Waals surface area contributed by atoms with Crippen molar-refractivity contribution >= 4 is 47.6 Å². The Morgan fingerprint density at radius 1 is 0.878 bits per heavy atom. The molecule has 0 spiro atoms. The first kappa shape index (κ1) is 32.6. The molecule has 1 aliphatic carbocycles. The highest BCUT2D eigenvalue weighted by molar-refractivity contribution is 6.43. The zero-order valence-electron chi connectivity index (χ0n) is 27.8. The Morgan fingerprint density at radius 2 is 1.53 bits per heavy atom. The number of carbonyl (C=O) groups excluding carboxylic acids is 2. The van der Waals surface area contributed by atoms with Gasteiger partial charge in [0, 0.05) is 11.4 Å². The number of fused-ring (bicyclic) bond motifs is 3. The summed E-state index contributed by atoms with van der Waals surface area (Å²) in [6.45, 7) is 4.28. The molecular weight excluding hydrogens is 611 g/mol. The molecule has 0 bridgehead atoms. The number of nitrogens with zero attached hydrogens (tertiary/aromatic N) is 1. The monoisotopic (exact) mass is 652 g/mol. The molecule has 7 nitrogen and oxygen atoms in total. The molecule has 3 aliphatic rings. The molecule has 0 radical (unpaired) electrons. The van der Waals surface area contributed by atoms with E-state index in [9.17, 15) is 19.7 Å². The van der Waals surface area contributed by atoms with Gasteiger partial charge in [0.1, 0.15) is 5.75 Å². The number of benzene rings is 4. The van der Waals surface area contributed by atoms with Crippen LogP contribution in [0.15, 0.2) is 120 Å². The molecule has 2 saturated heterocycles. The van der Waals surface area contributed by atoms with Crippen LogP contribution in [0.3, 0.4) is 0 Å². The van der Waals surface area contributed by atoms with Crippen LogP contribution in [-0.4, -0.2) is 35.2 Å². The number of phenols is 1. The second-order valence-electron chi connectivity index (χ2n) is 13.6. The number of rotatable bonds is 9. The van der Waals surface area contributed by atoms with Crippen molar-refractivity contribution in [3.63, 3.8) is 0 Å². The van der Waals surface area contributed by atoms with Gasteiger partial charge in [0.2, 0.25) is 11.8 Å². The number of anilines is 3. The molecule has 7 rings (SSSR count). The summed E-state index contributed by atoms with van der Waals surface area (Å²) in [5, 5.41) is 24.3. The van der Waals surface area contributed by atoms with Crippen LogP contribution in [0.2, 0.25) is 6.32 Å². The van der Waals surface area contributed by atoms with E-state index in [2.05, 4.69) is 37.4 Å². The molecule has 8 heteroatoms. The number of nitrogens with one attached hydrogen (secondary N) is 1. The Balaban J connectivity index is 1.16. The topological polar surface area (TPSA) is 99.1 Å². The molecular formula is C41H41BN2O5. The Labute approximate surface area is 288 Å². The molecule has 2 aliphatic heterocycles. The molecule has 0 unspecified atom stereocenters. The van der Waals surface area contributed by atoms with Crippen molar-refractivity contribution in [3.05, 3.63) is 131 Å². The molecule has 2 amide bonds. The summed E-state index contributed by atoms with van der Waals surface area (Å²) >= 11 is 0. The van der Waals surface area contributed by atoms with Crippen LogP contribution in [0.25, 0.3) is 11.6 Å². The number of imide groups is 1. The average molecular weight is 653 g/mol. The van der Waals surface area contributed by atoms with Gasteiger partial charge in [0.15, 0.2) is 0 Å². The maximum atomic E-state index is 14.3. The van der Waals surface area contributed by atoms with E-state index >= 15 is 0 Å². The number of carbonyl (C=O) groups is 2. The Hall–Kier alpha value is -4.92. The van der Waals surface area contributed by atoms with Gasteiger partial charge in [-0.1, -0.05) is 86.2 Å². The maximum Gasteiger partial charge on any atom is 0.455 e. The minimum Gasteiger partial charge on any atom is -0.508 e. The van der Waals surface area contributed by atoms with Crippen LogP contribution in [0.1, 0.15) is 44.2 Å². The van der Waals surface area contributed by atoms with Gasteiger partial charge in [-0.3, -0.25) is 14.5 Å². The molecule has 2 fully saturated rings. The lowest BCUT2D eigenvalue weighted by molar-refractivity contribution is -0.122. The van der Waals surface area contributed by atoms with Gasteiger partial charge in [-0.2, -0.15) is 0 Å². The number of amides is 2. The molecule has 2 heterocycles. The maximum absolute atomic E-state index is 14.3. The first-order chi connectivity index (χ1) is 23.8. The van der Waals surface area contributed by atoms with Crippen LogP contribution in [0.4, 0.5) is 17.1 Å². The van der Waals surface area contributed by atoms with Crippen molar-refractivity contribution in [2.75, 3.05) is 10.2 Å². The van der Waals surface area contributed by atoms with Crippen LogP contribution in [0, 0.1) is 23.7 Å². The second kappa shape index (κ2) is 13.9. The molecule has 4 atom stereocenters. The highest BCUT2D eigenvalue weighted by atomic mass is 16.5. The molecule has 49 heavy (non-hydrogen) atoms. The van der Waals surface area contributed by atoms with Gasteiger partial charge in [-0.25, -0.2) is 0 Å². The van der Waals surface area contributed by atoms with E-state index in [0.29, 0.717) is 24.9 Å². The fraction of sp³-hybridized carbons (Fsp3) is 0.268. The first-order valence-electron chi connectivity index (χ1n) is 17.2. The number of hydrogen-bond donors (Lipinski definition) is 3. The summed E-state index contributed by atoms with van der Waals surface area (Å²) in [4.78, 5) is 29.7. The zero-order chi connectivity index (χ0) is 34.1. The highest BCUT2D eigenvalue weighted by Gasteiger charge is 2.57. The van der Waals surface area contributed by atoms with Crippen LogP contribution in [0.5, 0.6) is 5.75 Å². The van der Waals surface area contributed by atoms with Crippen molar-refractivity contribution in [3.8, 4) is 5.75 Å². The summed E-state index contributed by atoms with van der Waals surface area (Å²) in [5.74, 6) is -1.30. The Bertz CT molecular complexity index is 1870. The predicted molar refractivity (Wildman–Crippen MR) is 195 cm³/mol. The van der Waals surface area contributed by atoms with Gasteiger partial charge in [0.05, 0.1) is 23.6 Å². The lowest BCUT2D eigenvalue weighted by Crippen LogP contribution is -2.46. The van der Waals surface area contributed by atoms with E-state index in [0.717, 1.165) is 39.2 Å². The molecule has 0 saturated carbocycles. The van der Waals surface area contributed by atoms with Crippen LogP contribution < -0.4 is 10.2 Å². The fourth-order valence-electron chi connectivity index (χ4n) is 7.90. The highest BCUT2D eigenvalue weighted by Crippen LogP contribution is 2.52. The van der Waals surface area contributed by atoms with Crippen molar-refractivity contribution in [2.24, 2.45) is 23.7 Å². The normalized spacial score (nSPS) is 22.4. The second-order valence-corrected chi connectivity index (χ2v) is 13.6. The third-order valence-corrected chi connectivity index (χ3v) is 10.2. The van der Waals surface area contributed by atoms with E-state index in [4.69, 9.17) is 4.65 Å². The van der Waals surface area contributed by atoms with Gasteiger partial charge in [-0.15, -0.1) is 0 Å². The van der Waals surface area contributed by atoms with Crippen molar-refractivity contribution < 1.29 is 24.4 Å². The number of phenolic OH excluding ortho intramolecular Hbond substituents is 1. The Kier molecular flexibility index (Phi) is 9.26. The van der Waals surface area contributed by atoms with Gasteiger partial charge < -0.3 is 20.1 Å². The van der Waals surface area contributed by atoms with E-state index in [1.165, 1.54) is 4.90 Å². The minimum atomic E-state index is -1.03. The Morgan fingerprint density at radius 3 is 2.20 bits per heavy atom. The van der Waals surface area contributed by atoms with Crippen LogP contribution in [-0.2, 0) is 14.2 Å². The standard InChI is InChI=1S/C41H41BN2O5/c1-26(2)34-24-35-39(41(47)44(40(35)46)32-18-16-31(17-19-32)43-30-11-7-4-8-12-30)36-25-42(48)49-37(38(34)36)22-15-29(28-9-5-3-6-10-28)23-27-13-20-33(45)21-14-27/h3-14,16-21,23,26,35-37,39,43,45,48H,15,22,24-25H2,1-2H3/b29-23-/t35-,36+,37-,39-/m1/s1. The summed E-state index contributed by atoms with van der Waals surface area (Å²) < 4.78 is 6.29. The summed E-state index contributed by atoms with van der Waals surface area (Å²) in [5.41, 5.74) is 7.79. The smallest absolute Gasteiger partial charge is 0.455 e. The zero-order valence-corrected chi connectivity index (χ0v) is 27.8. The van der Waals surface area contributed by atoms with Crippen molar-refractivity contribution in [1.82, 2.24) is 0 Å². The number of para-hydroxylation sites is 1. The largest absolute Gasteiger partial charge is 0.508 e. The summed E-state index contributed by atoms with van der Waals surface area (Å²) in [7, 11) is -1.03. The predicted octanol–water partition coefficient (Wildman–Crippen LogP) is 8.11. The SMILES string of the molecule is CC(C)C1=C2[C@@H](CC/C(=C/c3ccc(O)cc3)c3ccccc3)OB(O)C[C@@H]2[C@@H]2C(=O)N(c3ccc(Nc4ccccc4)cc3)C(=O)[C@@H]2C1. The molecule has 0 aromatic heterocycles. The van der Waals surface area contributed by atoms with E-state index in [1.54, 1.807) is 12.1 Å². The van der Waals surface area contributed by atoms with E-state index in [1.807, 2.05) is 84.9 Å². The van der Waals surface area contributed by atoms with Gasteiger partial charge in [0.25, 0.3) is 0 Å². The number of hydrogen-bond acceptors (Lipinski definition) is 6. The van der Waals surface area contributed by atoms with Gasteiger partial charge >= 0.3 is 7.12 Å². The quantitative estimate of drug-likeness (QED) is 0.0732. The lowest BCUT2D eigenvalue weighted by atomic mass is 9.57. The molecule has 4 aromatic carbocycles. The molecule has 4 aromatic rings. The lowest BCUT2D eigenvalue weighted by Gasteiger charge is -2.44. The van der Waals surface area contributed by atoms with Crippen molar-refractivity contribution in [2.45, 2.75) is 45.5 Å². The fourth-order valence-corrected chi connectivity index (χ4v) is 7.90. The summed E-state index contributed by atoms with van der Waals surface area (Å²) in [6, 6.07) is 34.6. The van der Waals surface area contributed by atoms with Gasteiger partial charge in [-0.05, 0) is 108 Å². The number of allylic oxidation sites excluding steroid dienone is 2. The van der Waals surface area contributed by atoms with Crippen molar-refractivity contribution in [1.29, 1.82) is 0 Å². The molecule has 248 valence electrons. The number of aromatic hydroxyl groups is 1. The minimum absolute atomic E-state index is 0.154. The van der Waals surface area contributed by atoms with E-state index in [-0.39, 0.29) is 41.8 Å². The summed E-state index contributed by atoms with van der Waals surface area (Å²) in [6.07, 6.45) is 3.80. The first-order valence-corrected chi connectivity index (χ1v) is 17.2. The van der Waals surface area contributed by atoms with E-state index < -0.39 is 19.0 Å². The third-order valence-electron chi connectivity index (χ3n) is 10.2.